The first-order valence-corrected chi connectivity index (χ1v) is 6.25. The van der Waals surface area contributed by atoms with Gasteiger partial charge in [0.1, 0.15) is 0 Å². The van der Waals surface area contributed by atoms with Gasteiger partial charge in [-0.15, -0.1) is 0 Å². The maximum Gasteiger partial charge on any atom is 0.151 e. The monoisotopic (exact) mass is 261 g/mol. The molecular formula is C14H16ClN3. The molecule has 0 spiro atoms. The average Bonchev–Trinajstić information content (AvgIpc) is 2.34. The highest BCUT2D eigenvalue weighted by Crippen LogP contribution is 2.32. The average molecular weight is 262 g/mol. The second-order valence-electron chi connectivity index (χ2n) is 4.10. The summed E-state index contributed by atoms with van der Waals surface area (Å²) in [6, 6.07) is 9.89. The van der Waals surface area contributed by atoms with Crippen LogP contribution in [0.4, 0.5) is 17.2 Å². The summed E-state index contributed by atoms with van der Waals surface area (Å²) in [5.74, 6) is 0.739. The SMILES string of the molecule is CCN(c1ccccc1C)c1ncc(N)cc1Cl. The number of nitrogen functional groups attached to an aromatic ring is 1. The third-order valence-corrected chi connectivity index (χ3v) is 3.10. The van der Waals surface area contributed by atoms with Crippen LogP contribution in [0.1, 0.15) is 12.5 Å². The summed E-state index contributed by atoms with van der Waals surface area (Å²) in [7, 11) is 0. The van der Waals surface area contributed by atoms with Crippen LogP contribution in [0.3, 0.4) is 0 Å². The van der Waals surface area contributed by atoms with Crippen LogP contribution >= 0.6 is 11.6 Å². The van der Waals surface area contributed by atoms with Crippen LogP contribution in [0.5, 0.6) is 0 Å². The molecule has 94 valence electrons. The fourth-order valence-electron chi connectivity index (χ4n) is 1.94. The number of rotatable bonds is 3. The Bertz CT molecular complexity index is 554. The molecule has 2 rings (SSSR count). The van der Waals surface area contributed by atoms with Gasteiger partial charge >= 0.3 is 0 Å². The van der Waals surface area contributed by atoms with Gasteiger partial charge < -0.3 is 10.6 Å². The summed E-state index contributed by atoms with van der Waals surface area (Å²) in [6.07, 6.45) is 1.63. The van der Waals surface area contributed by atoms with Crippen LogP contribution in [0.25, 0.3) is 0 Å². The summed E-state index contributed by atoms with van der Waals surface area (Å²) in [5, 5.41) is 0.570. The van der Waals surface area contributed by atoms with E-state index in [1.54, 1.807) is 12.3 Å². The maximum absolute atomic E-state index is 6.22. The quantitative estimate of drug-likeness (QED) is 0.914. The Morgan fingerprint density at radius 1 is 1.33 bits per heavy atom. The van der Waals surface area contributed by atoms with Gasteiger partial charge in [-0.1, -0.05) is 29.8 Å². The van der Waals surface area contributed by atoms with Crippen LogP contribution < -0.4 is 10.6 Å². The van der Waals surface area contributed by atoms with E-state index >= 15 is 0 Å². The van der Waals surface area contributed by atoms with Gasteiger partial charge in [-0.3, -0.25) is 0 Å². The third kappa shape index (κ3) is 2.41. The van der Waals surface area contributed by atoms with E-state index in [1.165, 1.54) is 5.56 Å². The summed E-state index contributed by atoms with van der Waals surface area (Å²) < 4.78 is 0. The van der Waals surface area contributed by atoms with E-state index in [0.29, 0.717) is 10.7 Å². The minimum Gasteiger partial charge on any atom is -0.397 e. The molecule has 0 amide bonds. The highest BCUT2D eigenvalue weighted by Gasteiger charge is 2.14. The predicted molar refractivity (Wildman–Crippen MR) is 77.5 cm³/mol. The van der Waals surface area contributed by atoms with Crippen molar-refractivity contribution in [2.75, 3.05) is 17.2 Å². The van der Waals surface area contributed by atoms with E-state index in [-0.39, 0.29) is 0 Å². The number of para-hydroxylation sites is 1. The van der Waals surface area contributed by atoms with Crippen LogP contribution in [-0.2, 0) is 0 Å². The van der Waals surface area contributed by atoms with Crippen molar-refractivity contribution >= 4 is 28.8 Å². The lowest BCUT2D eigenvalue weighted by Gasteiger charge is -2.24. The van der Waals surface area contributed by atoms with E-state index in [1.807, 2.05) is 12.1 Å². The van der Waals surface area contributed by atoms with Gasteiger partial charge in [-0.05, 0) is 31.5 Å². The zero-order valence-corrected chi connectivity index (χ0v) is 11.3. The molecule has 2 aromatic rings. The zero-order valence-electron chi connectivity index (χ0n) is 10.5. The van der Waals surface area contributed by atoms with Gasteiger partial charge in [0, 0.05) is 12.2 Å². The molecule has 0 saturated heterocycles. The molecule has 4 heteroatoms. The van der Waals surface area contributed by atoms with Crippen molar-refractivity contribution < 1.29 is 0 Å². The van der Waals surface area contributed by atoms with Crippen LogP contribution in [0.2, 0.25) is 5.02 Å². The first-order chi connectivity index (χ1) is 8.63. The summed E-state index contributed by atoms with van der Waals surface area (Å²) in [6.45, 7) is 4.94. The van der Waals surface area contributed by atoms with Crippen LogP contribution in [0.15, 0.2) is 36.5 Å². The Kier molecular flexibility index (Phi) is 3.72. The molecule has 0 aliphatic rings. The Labute approximate surface area is 112 Å². The summed E-state index contributed by atoms with van der Waals surface area (Å²) >= 11 is 6.22. The van der Waals surface area contributed by atoms with E-state index in [4.69, 9.17) is 17.3 Å². The number of aryl methyl sites for hydroxylation is 1. The van der Waals surface area contributed by atoms with E-state index in [0.717, 1.165) is 18.1 Å². The van der Waals surface area contributed by atoms with Crippen LogP contribution in [-0.4, -0.2) is 11.5 Å². The van der Waals surface area contributed by atoms with Gasteiger partial charge in [0.05, 0.1) is 16.9 Å². The van der Waals surface area contributed by atoms with Crippen molar-refractivity contribution in [2.24, 2.45) is 0 Å². The van der Waals surface area contributed by atoms with Gasteiger partial charge in [-0.25, -0.2) is 4.98 Å². The lowest BCUT2D eigenvalue weighted by Crippen LogP contribution is -2.18. The molecule has 0 atom stereocenters. The highest BCUT2D eigenvalue weighted by atomic mass is 35.5. The zero-order chi connectivity index (χ0) is 13.1. The minimum absolute atomic E-state index is 0.570. The molecule has 0 aliphatic heterocycles. The van der Waals surface area contributed by atoms with E-state index in [2.05, 4.69) is 35.9 Å². The molecule has 3 nitrogen and oxygen atoms in total. The van der Waals surface area contributed by atoms with Gasteiger partial charge in [0.2, 0.25) is 0 Å². The number of hydrogen-bond donors (Lipinski definition) is 1. The van der Waals surface area contributed by atoms with E-state index < -0.39 is 0 Å². The predicted octanol–water partition coefficient (Wildman–Crippen LogP) is 3.78. The first kappa shape index (κ1) is 12.7. The Balaban J connectivity index is 2.49. The molecule has 1 aromatic carbocycles. The number of nitrogens with two attached hydrogens (primary N) is 1. The fourth-order valence-corrected chi connectivity index (χ4v) is 2.22. The number of benzene rings is 1. The standard InChI is InChI=1S/C14H16ClN3/c1-3-18(13-7-5-4-6-10(13)2)14-12(15)8-11(16)9-17-14/h4-9H,3,16H2,1-2H3. The van der Waals surface area contributed by atoms with Crippen molar-refractivity contribution in [1.29, 1.82) is 0 Å². The lowest BCUT2D eigenvalue weighted by molar-refractivity contribution is 0.984. The first-order valence-electron chi connectivity index (χ1n) is 5.87. The molecule has 1 aromatic heterocycles. The Morgan fingerprint density at radius 3 is 2.67 bits per heavy atom. The molecule has 0 aliphatic carbocycles. The Morgan fingerprint density at radius 2 is 2.06 bits per heavy atom. The molecule has 0 bridgehead atoms. The lowest BCUT2D eigenvalue weighted by atomic mass is 10.2. The Hall–Kier alpha value is -1.74. The summed E-state index contributed by atoms with van der Waals surface area (Å²) in [4.78, 5) is 6.42. The maximum atomic E-state index is 6.22. The molecule has 1 heterocycles. The smallest absolute Gasteiger partial charge is 0.151 e. The minimum atomic E-state index is 0.570. The number of nitrogens with zero attached hydrogens (tertiary/aromatic N) is 2. The molecule has 2 N–H and O–H groups in total. The number of hydrogen-bond acceptors (Lipinski definition) is 3. The van der Waals surface area contributed by atoms with E-state index in [9.17, 15) is 0 Å². The van der Waals surface area contributed by atoms with Crippen molar-refractivity contribution in [3.63, 3.8) is 0 Å². The molecule has 0 unspecified atom stereocenters. The third-order valence-electron chi connectivity index (χ3n) is 2.82. The number of aromatic nitrogens is 1. The molecule has 0 radical (unpaired) electrons. The van der Waals surface area contributed by atoms with Crippen molar-refractivity contribution in [3.8, 4) is 0 Å². The van der Waals surface area contributed by atoms with Crippen molar-refractivity contribution in [1.82, 2.24) is 4.98 Å². The van der Waals surface area contributed by atoms with Gasteiger partial charge in [0.15, 0.2) is 5.82 Å². The number of halogens is 1. The van der Waals surface area contributed by atoms with Crippen molar-refractivity contribution in [2.45, 2.75) is 13.8 Å². The second-order valence-corrected chi connectivity index (χ2v) is 4.51. The molecule has 18 heavy (non-hydrogen) atoms. The topological polar surface area (TPSA) is 42.2 Å². The fraction of sp³-hybridized carbons (Fsp3) is 0.214. The molecular weight excluding hydrogens is 246 g/mol. The van der Waals surface area contributed by atoms with Gasteiger partial charge in [0.25, 0.3) is 0 Å². The number of pyridine rings is 1. The van der Waals surface area contributed by atoms with Crippen LogP contribution in [0, 0.1) is 6.92 Å². The second kappa shape index (κ2) is 5.27. The largest absolute Gasteiger partial charge is 0.397 e. The number of anilines is 3. The van der Waals surface area contributed by atoms with Gasteiger partial charge in [-0.2, -0.15) is 0 Å². The highest BCUT2D eigenvalue weighted by molar-refractivity contribution is 6.33. The normalized spacial score (nSPS) is 10.4. The van der Waals surface area contributed by atoms with Crippen molar-refractivity contribution in [3.05, 3.63) is 47.1 Å². The molecule has 0 fully saturated rings. The summed E-state index contributed by atoms with van der Waals surface area (Å²) in [5.41, 5.74) is 8.55. The molecule has 0 saturated carbocycles.